The van der Waals surface area contributed by atoms with Crippen molar-refractivity contribution in [2.24, 2.45) is 0 Å². The zero-order chi connectivity index (χ0) is 29.7. The van der Waals surface area contributed by atoms with Crippen molar-refractivity contribution in [2.45, 2.75) is 148 Å². The molecule has 10 heteroatoms. The van der Waals surface area contributed by atoms with Crippen LogP contribution in [0.2, 0.25) is 0 Å². The summed E-state index contributed by atoms with van der Waals surface area (Å²) >= 11 is 0. The summed E-state index contributed by atoms with van der Waals surface area (Å²) in [6, 6.07) is 0. The number of hydrogen-bond acceptors (Lipinski definition) is 8. The van der Waals surface area contributed by atoms with Gasteiger partial charge in [-0.2, -0.15) is 0 Å². The fraction of sp³-hybridized carbons (Fsp3) is 0.933. The summed E-state index contributed by atoms with van der Waals surface area (Å²) in [5.74, 6) is -0.809. The highest BCUT2D eigenvalue weighted by molar-refractivity contribution is 7.47. The van der Waals surface area contributed by atoms with E-state index in [-0.39, 0.29) is 25.6 Å². The summed E-state index contributed by atoms with van der Waals surface area (Å²) in [7, 11) is -2.63. The highest BCUT2D eigenvalue weighted by atomic mass is 31.2. The monoisotopic (exact) mass is 593 g/mol. The predicted molar refractivity (Wildman–Crippen MR) is 160 cm³/mol. The number of esters is 2. The molecule has 2 atom stereocenters. The van der Waals surface area contributed by atoms with Gasteiger partial charge in [-0.1, -0.05) is 117 Å². The van der Waals surface area contributed by atoms with Gasteiger partial charge in [-0.25, -0.2) is 4.57 Å². The molecule has 0 heterocycles. The number of rotatable bonds is 30. The highest BCUT2D eigenvalue weighted by Crippen LogP contribution is 2.43. The molecule has 0 fully saturated rings. The van der Waals surface area contributed by atoms with Crippen LogP contribution in [-0.4, -0.2) is 56.3 Å². The number of hydrogen-bond donors (Lipinski definition) is 2. The third-order valence-electron chi connectivity index (χ3n) is 6.73. The Balaban J connectivity index is 4.38. The Bertz CT molecular complexity index is 649. The first-order chi connectivity index (χ1) is 19.3. The molecule has 0 spiro atoms. The summed E-state index contributed by atoms with van der Waals surface area (Å²) in [5, 5.41) is 2.81. The third-order valence-corrected chi connectivity index (χ3v) is 7.71. The topological polar surface area (TPSA) is 120 Å². The average molecular weight is 594 g/mol. The lowest BCUT2D eigenvalue weighted by molar-refractivity contribution is -0.161. The SMILES string of the molecule is CCCCCCCCCCCC(=O)OC[C@H](COP(=O)(O)OCCNC)OC(=O)CCCCCCCCCCC. The molecule has 0 aromatic rings. The molecule has 9 nitrogen and oxygen atoms in total. The van der Waals surface area contributed by atoms with Crippen LogP contribution in [0.15, 0.2) is 0 Å². The number of nitrogens with one attached hydrogen (secondary N) is 1. The molecule has 0 radical (unpaired) electrons. The predicted octanol–water partition coefficient (Wildman–Crippen LogP) is 7.64. The fourth-order valence-corrected chi connectivity index (χ4v) is 5.01. The van der Waals surface area contributed by atoms with Gasteiger partial charge in [0.25, 0.3) is 0 Å². The zero-order valence-corrected chi connectivity index (χ0v) is 26.7. The van der Waals surface area contributed by atoms with Crippen LogP contribution in [0.3, 0.4) is 0 Å². The first-order valence-electron chi connectivity index (χ1n) is 16.0. The Morgan fingerprint density at radius 2 is 1.12 bits per heavy atom. The van der Waals surface area contributed by atoms with Crippen molar-refractivity contribution in [1.29, 1.82) is 0 Å². The van der Waals surface area contributed by atoms with E-state index >= 15 is 0 Å². The Morgan fingerprint density at radius 3 is 1.60 bits per heavy atom. The van der Waals surface area contributed by atoms with E-state index in [1.807, 2.05) is 0 Å². The van der Waals surface area contributed by atoms with Crippen molar-refractivity contribution in [3.8, 4) is 0 Å². The first kappa shape index (κ1) is 39.0. The van der Waals surface area contributed by atoms with E-state index in [0.717, 1.165) is 32.1 Å². The van der Waals surface area contributed by atoms with Crippen LogP contribution in [0.5, 0.6) is 0 Å². The number of likely N-dealkylation sites (N-methyl/N-ethyl adjacent to an activating group) is 1. The van der Waals surface area contributed by atoms with Crippen LogP contribution in [0, 0.1) is 0 Å². The van der Waals surface area contributed by atoms with Gasteiger partial charge in [-0.15, -0.1) is 0 Å². The first-order valence-corrected chi connectivity index (χ1v) is 17.5. The summed E-state index contributed by atoms with van der Waals surface area (Å²) in [5.41, 5.74) is 0. The Morgan fingerprint density at radius 1 is 0.675 bits per heavy atom. The maximum atomic E-state index is 12.4. The van der Waals surface area contributed by atoms with E-state index in [0.29, 0.717) is 19.4 Å². The number of phosphoric ester groups is 1. The minimum Gasteiger partial charge on any atom is -0.462 e. The number of carbonyl (C=O) groups excluding carboxylic acids is 2. The van der Waals surface area contributed by atoms with Gasteiger partial charge in [0.15, 0.2) is 6.10 Å². The second-order valence-corrected chi connectivity index (χ2v) is 12.1. The minimum atomic E-state index is -4.32. The summed E-state index contributed by atoms with van der Waals surface area (Å²) in [6.07, 6.45) is 20.2. The molecule has 1 unspecified atom stereocenters. The fourth-order valence-electron chi connectivity index (χ4n) is 4.26. The molecule has 0 saturated carbocycles. The van der Waals surface area contributed by atoms with Crippen LogP contribution in [0.25, 0.3) is 0 Å². The molecule has 0 rings (SSSR count). The summed E-state index contributed by atoms with van der Waals surface area (Å²) in [6.45, 7) is 4.16. The zero-order valence-electron chi connectivity index (χ0n) is 25.8. The van der Waals surface area contributed by atoms with E-state index in [1.54, 1.807) is 7.05 Å². The lowest BCUT2D eigenvalue weighted by Gasteiger charge is -2.20. The van der Waals surface area contributed by atoms with E-state index in [4.69, 9.17) is 18.5 Å². The van der Waals surface area contributed by atoms with E-state index in [1.165, 1.54) is 77.0 Å². The molecule has 0 saturated heterocycles. The highest BCUT2D eigenvalue weighted by Gasteiger charge is 2.26. The normalized spacial score (nSPS) is 13.6. The molecular formula is C30H60NO8P. The molecule has 0 aromatic heterocycles. The van der Waals surface area contributed by atoms with Crippen LogP contribution in [0.1, 0.15) is 142 Å². The number of ether oxygens (including phenoxy) is 2. The smallest absolute Gasteiger partial charge is 0.462 e. The van der Waals surface area contributed by atoms with Gasteiger partial charge in [0, 0.05) is 19.4 Å². The molecular weight excluding hydrogens is 533 g/mol. The summed E-state index contributed by atoms with van der Waals surface area (Å²) in [4.78, 5) is 34.5. The van der Waals surface area contributed by atoms with Crippen molar-refractivity contribution in [1.82, 2.24) is 5.32 Å². The Hall–Kier alpha value is -0.990. The quantitative estimate of drug-likeness (QED) is 0.0492. The molecule has 0 bridgehead atoms. The van der Waals surface area contributed by atoms with Crippen molar-refractivity contribution < 1.29 is 37.6 Å². The van der Waals surface area contributed by atoms with Gasteiger partial charge in [0.1, 0.15) is 6.61 Å². The molecule has 0 amide bonds. The number of phosphoric acid groups is 1. The molecule has 238 valence electrons. The second-order valence-electron chi connectivity index (χ2n) is 10.7. The van der Waals surface area contributed by atoms with Gasteiger partial charge in [-0.3, -0.25) is 18.6 Å². The molecule has 0 aromatic carbocycles. The van der Waals surface area contributed by atoms with Gasteiger partial charge in [0.2, 0.25) is 0 Å². The number of unbranched alkanes of at least 4 members (excludes halogenated alkanes) is 16. The van der Waals surface area contributed by atoms with Crippen molar-refractivity contribution >= 4 is 19.8 Å². The standard InChI is InChI=1S/C30H60NO8P/c1-4-6-8-10-12-14-16-18-20-22-29(32)36-26-28(27-38-40(34,35)37-25-24-31-3)39-30(33)23-21-19-17-15-13-11-9-7-5-2/h28,31H,4-27H2,1-3H3,(H,34,35)/t28-/m1/s1. The van der Waals surface area contributed by atoms with Crippen LogP contribution >= 0.6 is 7.82 Å². The van der Waals surface area contributed by atoms with E-state index < -0.39 is 26.5 Å². The van der Waals surface area contributed by atoms with Crippen molar-refractivity contribution in [2.75, 3.05) is 33.4 Å². The van der Waals surface area contributed by atoms with Gasteiger partial charge in [0.05, 0.1) is 13.2 Å². The molecule has 40 heavy (non-hydrogen) atoms. The molecule has 2 N–H and O–H groups in total. The number of carbonyl (C=O) groups is 2. The molecule has 0 aliphatic carbocycles. The maximum absolute atomic E-state index is 12.4. The van der Waals surface area contributed by atoms with E-state index in [2.05, 4.69) is 19.2 Å². The van der Waals surface area contributed by atoms with Crippen LogP contribution in [-0.2, 0) is 32.7 Å². The molecule has 0 aliphatic rings. The Labute approximate surface area is 244 Å². The van der Waals surface area contributed by atoms with Crippen molar-refractivity contribution in [3.05, 3.63) is 0 Å². The van der Waals surface area contributed by atoms with Gasteiger partial charge < -0.3 is 19.7 Å². The second kappa shape index (κ2) is 28.1. The third kappa shape index (κ3) is 27.2. The molecule has 0 aliphatic heterocycles. The van der Waals surface area contributed by atoms with Crippen molar-refractivity contribution in [3.63, 3.8) is 0 Å². The van der Waals surface area contributed by atoms with Gasteiger partial charge >= 0.3 is 19.8 Å². The average Bonchev–Trinajstić information content (AvgIpc) is 2.92. The van der Waals surface area contributed by atoms with E-state index in [9.17, 15) is 19.0 Å². The largest absolute Gasteiger partial charge is 0.472 e. The van der Waals surface area contributed by atoms with Crippen LogP contribution < -0.4 is 5.32 Å². The van der Waals surface area contributed by atoms with Crippen LogP contribution in [0.4, 0.5) is 0 Å². The maximum Gasteiger partial charge on any atom is 0.472 e. The minimum absolute atomic E-state index is 0.0128. The summed E-state index contributed by atoms with van der Waals surface area (Å²) < 4.78 is 32.8. The van der Waals surface area contributed by atoms with Gasteiger partial charge in [-0.05, 0) is 19.9 Å². The lowest BCUT2D eigenvalue weighted by Crippen LogP contribution is -2.29. The lowest BCUT2D eigenvalue weighted by atomic mass is 10.1. The Kier molecular flexibility index (Phi) is 27.4.